The van der Waals surface area contributed by atoms with Crippen molar-refractivity contribution in [3.8, 4) is 0 Å². The molecule has 0 aromatic heterocycles. The maximum atomic E-state index is 12.3. The SMILES string of the molecule is O=C1NC(Cl)(CCc2ccc(Cl)cc2Cl)Nc2cc([N+](=O)[O-])ccc21. The number of nitrogens with zero attached hydrogens (tertiary/aromatic N) is 1. The van der Waals surface area contributed by atoms with Crippen molar-refractivity contribution in [3.05, 3.63) is 67.7 Å². The number of alkyl halides is 1. The summed E-state index contributed by atoms with van der Waals surface area (Å²) in [7, 11) is 0. The van der Waals surface area contributed by atoms with Gasteiger partial charge in [-0.25, -0.2) is 0 Å². The van der Waals surface area contributed by atoms with E-state index in [1.165, 1.54) is 18.2 Å². The maximum absolute atomic E-state index is 12.3. The largest absolute Gasteiger partial charge is 0.349 e. The first-order valence-corrected chi connectivity index (χ1v) is 8.43. The van der Waals surface area contributed by atoms with E-state index in [0.29, 0.717) is 34.1 Å². The van der Waals surface area contributed by atoms with Crippen molar-refractivity contribution in [1.29, 1.82) is 0 Å². The third kappa shape index (κ3) is 3.81. The van der Waals surface area contributed by atoms with Crippen LogP contribution in [-0.4, -0.2) is 16.0 Å². The van der Waals surface area contributed by atoms with Crippen molar-refractivity contribution in [2.24, 2.45) is 0 Å². The van der Waals surface area contributed by atoms with E-state index in [4.69, 9.17) is 34.8 Å². The Morgan fingerprint density at radius 3 is 2.56 bits per heavy atom. The Bertz CT molecular complexity index is 875. The summed E-state index contributed by atoms with van der Waals surface area (Å²) >= 11 is 18.5. The Morgan fingerprint density at radius 2 is 1.88 bits per heavy atom. The molecule has 0 saturated carbocycles. The van der Waals surface area contributed by atoms with Crippen LogP contribution in [0.4, 0.5) is 11.4 Å². The number of nitrogens with one attached hydrogen (secondary N) is 2. The van der Waals surface area contributed by atoms with Crippen molar-refractivity contribution in [1.82, 2.24) is 5.32 Å². The fraction of sp³-hybridized carbons (Fsp3) is 0.188. The second-order valence-electron chi connectivity index (χ2n) is 5.60. The quantitative estimate of drug-likeness (QED) is 0.340. The number of carbonyl (C=O) groups excluding carboxylic acids is 1. The molecule has 0 fully saturated rings. The van der Waals surface area contributed by atoms with Crippen molar-refractivity contribution in [2.45, 2.75) is 18.0 Å². The fourth-order valence-electron chi connectivity index (χ4n) is 2.60. The van der Waals surface area contributed by atoms with E-state index >= 15 is 0 Å². The third-order valence-corrected chi connectivity index (χ3v) is 4.82. The number of nitro groups is 1. The van der Waals surface area contributed by atoms with Crippen LogP contribution < -0.4 is 10.6 Å². The number of amides is 1. The number of benzene rings is 2. The third-order valence-electron chi connectivity index (χ3n) is 3.86. The molecule has 3 rings (SSSR count). The zero-order valence-corrected chi connectivity index (χ0v) is 15.0. The van der Waals surface area contributed by atoms with Crippen molar-refractivity contribution < 1.29 is 9.72 Å². The van der Waals surface area contributed by atoms with Crippen LogP contribution in [-0.2, 0) is 6.42 Å². The Hall–Kier alpha value is -2.02. The minimum absolute atomic E-state index is 0.124. The van der Waals surface area contributed by atoms with Gasteiger partial charge < -0.3 is 10.6 Å². The average Bonchev–Trinajstić information content (AvgIpc) is 2.53. The minimum atomic E-state index is -1.28. The molecule has 130 valence electrons. The number of fused-ring (bicyclic) bond motifs is 1. The number of nitro benzene ring substituents is 1. The molecule has 25 heavy (non-hydrogen) atoms. The van der Waals surface area contributed by atoms with Crippen LogP contribution >= 0.6 is 34.8 Å². The summed E-state index contributed by atoms with van der Waals surface area (Å²) in [5, 5.41) is 16.3. The van der Waals surface area contributed by atoms with Crippen LogP contribution in [0.1, 0.15) is 22.3 Å². The lowest BCUT2D eigenvalue weighted by atomic mass is 10.0. The highest BCUT2D eigenvalue weighted by molar-refractivity contribution is 6.35. The lowest BCUT2D eigenvalue weighted by Crippen LogP contribution is -2.53. The van der Waals surface area contributed by atoms with E-state index in [1.807, 2.05) is 0 Å². The molecule has 2 aromatic rings. The Kier molecular flexibility index (Phi) is 4.77. The predicted octanol–water partition coefficient (Wildman–Crippen LogP) is 4.58. The smallest absolute Gasteiger partial charge is 0.271 e. The molecule has 1 aliphatic rings. The minimum Gasteiger partial charge on any atom is -0.349 e. The molecule has 9 heteroatoms. The molecule has 1 aliphatic heterocycles. The van der Waals surface area contributed by atoms with Gasteiger partial charge in [-0.05, 0) is 30.2 Å². The molecule has 1 atom stereocenters. The summed E-state index contributed by atoms with van der Waals surface area (Å²) in [6.45, 7) is 0. The summed E-state index contributed by atoms with van der Waals surface area (Å²) in [5.41, 5.74) is 1.31. The van der Waals surface area contributed by atoms with Crippen LogP contribution in [0.15, 0.2) is 36.4 Å². The highest BCUT2D eigenvalue weighted by Gasteiger charge is 2.36. The van der Waals surface area contributed by atoms with Gasteiger partial charge in [0.1, 0.15) is 0 Å². The van der Waals surface area contributed by atoms with Gasteiger partial charge >= 0.3 is 0 Å². The fourth-order valence-corrected chi connectivity index (χ4v) is 3.38. The van der Waals surface area contributed by atoms with Crippen LogP contribution in [0.25, 0.3) is 0 Å². The van der Waals surface area contributed by atoms with Crippen molar-refractivity contribution in [2.75, 3.05) is 5.32 Å². The summed E-state index contributed by atoms with van der Waals surface area (Å²) in [6, 6.07) is 9.09. The van der Waals surface area contributed by atoms with Crippen molar-refractivity contribution >= 4 is 52.1 Å². The number of carbonyl (C=O) groups is 1. The van der Waals surface area contributed by atoms with Gasteiger partial charge in [-0.2, -0.15) is 0 Å². The summed E-state index contributed by atoms with van der Waals surface area (Å²) in [6.07, 6.45) is 0.779. The summed E-state index contributed by atoms with van der Waals surface area (Å²) in [4.78, 5) is 22.7. The number of halogens is 3. The summed E-state index contributed by atoms with van der Waals surface area (Å²) in [5.74, 6) is -0.402. The second kappa shape index (κ2) is 6.71. The van der Waals surface area contributed by atoms with Gasteiger partial charge in [0.05, 0.1) is 16.2 Å². The Labute approximate surface area is 158 Å². The molecule has 0 saturated heterocycles. The molecule has 0 radical (unpaired) electrons. The first-order valence-electron chi connectivity index (χ1n) is 7.29. The van der Waals surface area contributed by atoms with Gasteiger partial charge in [-0.3, -0.25) is 14.9 Å². The zero-order valence-electron chi connectivity index (χ0n) is 12.7. The molecule has 2 N–H and O–H groups in total. The van der Waals surface area contributed by atoms with Crippen LogP contribution in [0.2, 0.25) is 10.0 Å². The second-order valence-corrected chi connectivity index (χ2v) is 7.09. The normalized spacial score (nSPS) is 18.9. The van der Waals surface area contributed by atoms with Gasteiger partial charge in [-0.15, -0.1) is 0 Å². The Balaban J connectivity index is 1.81. The van der Waals surface area contributed by atoms with Gasteiger partial charge in [-0.1, -0.05) is 40.9 Å². The van der Waals surface area contributed by atoms with E-state index in [0.717, 1.165) is 5.56 Å². The lowest BCUT2D eigenvalue weighted by molar-refractivity contribution is -0.384. The molecular formula is C16H12Cl3N3O3. The molecule has 0 aliphatic carbocycles. The molecule has 2 aromatic carbocycles. The molecule has 1 heterocycles. The average molecular weight is 401 g/mol. The lowest BCUT2D eigenvalue weighted by Gasteiger charge is -2.35. The maximum Gasteiger partial charge on any atom is 0.271 e. The highest BCUT2D eigenvalue weighted by Crippen LogP contribution is 2.33. The van der Waals surface area contributed by atoms with Crippen LogP contribution in [0.5, 0.6) is 0 Å². The van der Waals surface area contributed by atoms with E-state index in [1.54, 1.807) is 18.2 Å². The van der Waals surface area contributed by atoms with Crippen LogP contribution in [0, 0.1) is 10.1 Å². The molecule has 6 nitrogen and oxygen atoms in total. The molecular weight excluding hydrogens is 389 g/mol. The van der Waals surface area contributed by atoms with Gasteiger partial charge in [0.2, 0.25) is 0 Å². The van der Waals surface area contributed by atoms with Crippen molar-refractivity contribution in [3.63, 3.8) is 0 Å². The number of rotatable bonds is 4. The number of anilines is 1. The van der Waals surface area contributed by atoms with Gasteiger partial charge in [0.25, 0.3) is 11.6 Å². The topological polar surface area (TPSA) is 84.3 Å². The predicted molar refractivity (Wildman–Crippen MR) is 97.6 cm³/mol. The van der Waals surface area contributed by atoms with E-state index in [9.17, 15) is 14.9 Å². The first-order chi connectivity index (χ1) is 11.8. The number of hydrogen-bond acceptors (Lipinski definition) is 4. The van der Waals surface area contributed by atoms with E-state index in [-0.39, 0.29) is 5.69 Å². The number of aryl methyl sites for hydroxylation is 1. The molecule has 1 amide bonds. The van der Waals surface area contributed by atoms with Gasteiger partial charge in [0, 0.05) is 28.6 Å². The standard InChI is InChI=1S/C16H12Cl3N3O3/c17-10-2-1-9(13(18)7-10)5-6-16(19)20-14-8-11(22(24)25)3-4-12(14)15(23)21-16/h1-4,7-8,20H,5-6H2,(H,21,23). The molecule has 0 bridgehead atoms. The number of non-ortho nitro benzene ring substituents is 1. The van der Waals surface area contributed by atoms with E-state index < -0.39 is 16.0 Å². The number of hydrogen-bond donors (Lipinski definition) is 2. The molecule has 0 spiro atoms. The molecule has 1 unspecified atom stereocenters. The van der Waals surface area contributed by atoms with E-state index in [2.05, 4.69) is 10.6 Å². The first kappa shape index (κ1) is 17.8. The Morgan fingerprint density at radius 1 is 1.12 bits per heavy atom. The summed E-state index contributed by atoms with van der Waals surface area (Å²) < 4.78 is 0. The van der Waals surface area contributed by atoms with Gasteiger partial charge in [0.15, 0.2) is 5.12 Å². The highest BCUT2D eigenvalue weighted by atomic mass is 35.5. The monoisotopic (exact) mass is 399 g/mol. The van der Waals surface area contributed by atoms with Crippen LogP contribution in [0.3, 0.4) is 0 Å². The zero-order chi connectivity index (χ0) is 18.2.